The molecule has 1 unspecified atom stereocenters. The van der Waals surface area contributed by atoms with E-state index in [1.165, 1.54) is 0 Å². The van der Waals surface area contributed by atoms with Crippen LogP contribution in [-0.4, -0.2) is 16.7 Å². The van der Waals surface area contributed by atoms with Crippen LogP contribution in [0.25, 0.3) is 11.5 Å². The molecule has 3 rings (SSSR count). The van der Waals surface area contributed by atoms with Crippen LogP contribution in [0.3, 0.4) is 0 Å². The molecule has 1 fully saturated rings. The Kier molecular flexibility index (Phi) is 3.54. The first-order valence-electron chi connectivity index (χ1n) is 6.99. The molecule has 5 nitrogen and oxygen atoms in total. The molecular weight excluding hydrogens is 254 g/mol. The van der Waals surface area contributed by atoms with Gasteiger partial charge in [-0.15, -0.1) is 0 Å². The molecule has 1 saturated heterocycles. The van der Waals surface area contributed by atoms with Crippen molar-refractivity contribution >= 4 is 0 Å². The molecule has 0 amide bonds. The van der Waals surface area contributed by atoms with E-state index in [9.17, 15) is 0 Å². The van der Waals surface area contributed by atoms with Gasteiger partial charge in [-0.1, -0.05) is 17.3 Å². The van der Waals surface area contributed by atoms with Crippen LogP contribution >= 0.6 is 0 Å². The maximum Gasteiger partial charge on any atom is 0.258 e. The van der Waals surface area contributed by atoms with Crippen molar-refractivity contribution in [1.29, 1.82) is 0 Å². The third-order valence-electron chi connectivity index (χ3n) is 3.80. The molecule has 20 heavy (non-hydrogen) atoms. The second-order valence-corrected chi connectivity index (χ2v) is 5.36. The molecule has 1 aliphatic heterocycles. The summed E-state index contributed by atoms with van der Waals surface area (Å²) in [6.45, 7) is 3.31. The van der Waals surface area contributed by atoms with Gasteiger partial charge in [0.15, 0.2) is 0 Å². The lowest BCUT2D eigenvalue weighted by molar-refractivity contribution is -0.0770. The smallest absolute Gasteiger partial charge is 0.258 e. The number of hydrogen-bond acceptors (Lipinski definition) is 5. The Morgan fingerprint density at radius 2 is 2.05 bits per heavy atom. The second-order valence-electron chi connectivity index (χ2n) is 5.36. The van der Waals surface area contributed by atoms with Gasteiger partial charge < -0.3 is 15.0 Å². The zero-order valence-electron chi connectivity index (χ0n) is 11.6. The van der Waals surface area contributed by atoms with Crippen LogP contribution in [0.4, 0.5) is 0 Å². The quantitative estimate of drug-likeness (QED) is 0.930. The van der Waals surface area contributed by atoms with Crippen molar-refractivity contribution < 1.29 is 9.26 Å². The van der Waals surface area contributed by atoms with E-state index < -0.39 is 5.60 Å². The Balaban J connectivity index is 1.85. The summed E-state index contributed by atoms with van der Waals surface area (Å²) in [7, 11) is 0. The number of aromatic nitrogens is 2. The minimum Gasteiger partial charge on any atom is -0.367 e. The molecule has 0 spiro atoms. The summed E-state index contributed by atoms with van der Waals surface area (Å²) in [6, 6.07) is 7.84. The van der Waals surface area contributed by atoms with Crippen molar-refractivity contribution in [3.05, 3.63) is 35.7 Å². The first-order valence-corrected chi connectivity index (χ1v) is 6.99. The summed E-state index contributed by atoms with van der Waals surface area (Å²) in [5.41, 5.74) is 7.15. The zero-order valence-corrected chi connectivity index (χ0v) is 11.6. The average molecular weight is 273 g/mol. The van der Waals surface area contributed by atoms with Crippen molar-refractivity contribution in [3.8, 4) is 11.5 Å². The fourth-order valence-corrected chi connectivity index (χ4v) is 2.45. The van der Waals surface area contributed by atoms with Gasteiger partial charge >= 0.3 is 0 Å². The summed E-state index contributed by atoms with van der Waals surface area (Å²) in [5.74, 6) is 1.16. The second kappa shape index (κ2) is 5.34. The van der Waals surface area contributed by atoms with E-state index in [1.54, 1.807) is 0 Å². The Morgan fingerprint density at radius 3 is 2.70 bits per heavy atom. The Morgan fingerprint density at radius 1 is 1.25 bits per heavy atom. The SMILES string of the molecule is CC1(c2noc(-c3ccc(CN)cc3)n2)CCCCO1. The van der Waals surface area contributed by atoms with E-state index in [-0.39, 0.29) is 0 Å². The van der Waals surface area contributed by atoms with Gasteiger partial charge in [-0.3, -0.25) is 0 Å². The average Bonchev–Trinajstić information content (AvgIpc) is 2.99. The number of rotatable bonds is 3. The minimum absolute atomic E-state index is 0.419. The standard InChI is InChI=1S/C15H19N3O2/c1-15(8-2-3-9-19-15)14-17-13(20-18-14)12-6-4-11(10-16)5-7-12/h4-7H,2-3,8-10,16H2,1H3. The summed E-state index contributed by atoms with van der Waals surface area (Å²) < 4.78 is 11.2. The van der Waals surface area contributed by atoms with Gasteiger partial charge in [0, 0.05) is 18.7 Å². The molecule has 0 radical (unpaired) electrons. The molecule has 0 saturated carbocycles. The highest BCUT2D eigenvalue weighted by molar-refractivity contribution is 5.53. The molecule has 2 heterocycles. The predicted molar refractivity (Wildman–Crippen MR) is 74.8 cm³/mol. The normalized spacial score (nSPS) is 22.9. The third kappa shape index (κ3) is 2.46. The van der Waals surface area contributed by atoms with Crippen molar-refractivity contribution in [1.82, 2.24) is 10.1 Å². The molecule has 5 heteroatoms. The molecule has 0 aliphatic carbocycles. The number of benzene rings is 1. The van der Waals surface area contributed by atoms with Crippen LogP contribution in [0.1, 0.15) is 37.6 Å². The highest BCUT2D eigenvalue weighted by Crippen LogP contribution is 2.33. The third-order valence-corrected chi connectivity index (χ3v) is 3.80. The van der Waals surface area contributed by atoms with Gasteiger partial charge in [-0.2, -0.15) is 4.98 Å². The summed E-state index contributed by atoms with van der Waals surface area (Å²) in [4.78, 5) is 4.50. The number of nitrogens with zero attached hydrogens (tertiary/aromatic N) is 2. The summed E-state index contributed by atoms with van der Waals surface area (Å²) >= 11 is 0. The first-order chi connectivity index (χ1) is 9.71. The molecule has 0 bridgehead atoms. The Labute approximate surface area is 118 Å². The predicted octanol–water partition coefficient (Wildman–Crippen LogP) is 2.61. The highest BCUT2D eigenvalue weighted by atomic mass is 16.5. The van der Waals surface area contributed by atoms with E-state index in [4.69, 9.17) is 15.0 Å². The number of hydrogen-bond donors (Lipinski definition) is 1. The molecule has 106 valence electrons. The fraction of sp³-hybridized carbons (Fsp3) is 0.467. The van der Waals surface area contributed by atoms with Crippen LogP contribution in [0.15, 0.2) is 28.8 Å². The topological polar surface area (TPSA) is 74.2 Å². The lowest BCUT2D eigenvalue weighted by Crippen LogP contribution is -2.31. The maximum atomic E-state index is 5.84. The van der Waals surface area contributed by atoms with Crippen molar-refractivity contribution in [2.24, 2.45) is 5.73 Å². The molecule has 1 aliphatic rings. The van der Waals surface area contributed by atoms with E-state index >= 15 is 0 Å². The van der Waals surface area contributed by atoms with E-state index in [1.807, 2.05) is 31.2 Å². The van der Waals surface area contributed by atoms with Crippen molar-refractivity contribution in [2.45, 2.75) is 38.3 Å². The van der Waals surface area contributed by atoms with E-state index in [0.717, 1.165) is 37.0 Å². The van der Waals surface area contributed by atoms with Gasteiger partial charge in [-0.05, 0) is 43.9 Å². The molecule has 2 aromatic rings. The van der Waals surface area contributed by atoms with Crippen LogP contribution < -0.4 is 5.73 Å². The highest BCUT2D eigenvalue weighted by Gasteiger charge is 2.35. The Hall–Kier alpha value is -1.72. The maximum absolute atomic E-state index is 5.84. The lowest BCUT2D eigenvalue weighted by Gasteiger charge is -2.30. The molecule has 2 N–H and O–H groups in total. The largest absolute Gasteiger partial charge is 0.367 e. The summed E-state index contributed by atoms with van der Waals surface area (Å²) in [6.07, 6.45) is 3.16. The van der Waals surface area contributed by atoms with Gasteiger partial charge in [0.05, 0.1) is 0 Å². The van der Waals surface area contributed by atoms with Crippen molar-refractivity contribution in [2.75, 3.05) is 6.61 Å². The molecule has 1 aromatic carbocycles. The molecule has 1 atom stereocenters. The van der Waals surface area contributed by atoms with Crippen LogP contribution in [0, 0.1) is 0 Å². The van der Waals surface area contributed by atoms with Gasteiger partial charge in [-0.25, -0.2) is 0 Å². The van der Waals surface area contributed by atoms with Crippen LogP contribution in [0.5, 0.6) is 0 Å². The van der Waals surface area contributed by atoms with E-state index in [0.29, 0.717) is 18.3 Å². The molecular formula is C15H19N3O2. The van der Waals surface area contributed by atoms with Gasteiger partial charge in [0.1, 0.15) is 5.60 Å². The number of nitrogens with two attached hydrogens (primary N) is 1. The van der Waals surface area contributed by atoms with E-state index in [2.05, 4.69) is 10.1 Å². The lowest BCUT2D eigenvalue weighted by atomic mass is 9.95. The summed E-state index contributed by atoms with van der Waals surface area (Å²) in [5, 5.41) is 4.09. The van der Waals surface area contributed by atoms with Crippen LogP contribution in [0.2, 0.25) is 0 Å². The van der Waals surface area contributed by atoms with Gasteiger partial charge in [0.2, 0.25) is 5.82 Å². The Bertz CT molecular complexity index is 571. The minimum atomic E-state index is -0.419. The van der Waals surface area contributed by atoms with Gasteiger partial charge in [0.25, 0.3) is 5.89 Å². The monoisotopic (exact) mass is 273 g/mol. The zero-order chi connectivity index (χ0) is 14.0. The van der Waals surface area contributed by atoms with Crippen LogP contribution in [-0.2, 0) is 16.9 Å². The fourth-order valence-electron chi connectivity index (χ4n) is 2.45. The first kappa shape index (κ1) is 13.3. The van der Waals surface area contributed by atoms with Crippen molar-refractivity contribution in [3.63, 3.8) is 0 Å². The molecule has 1 aromatic heterocycles. The number of ether oxygens (including phenoxy) is 1.